The van der Waals surface area contributed by atoms with Gasteiger partial charge in [-0.15, -0.1) is 0 Å². The van der Waals surface area contributed by atoms with Crippen LogP contribution in [0.5, 0.6) is 5.88 Å². The highest BCUT2D eigenvalue weighted by Crippen LogP contribution is 2.10. The molecule has 0 fully saturated rings. The molecule has 0 bridgehead atoms. The number of nitrogens with zero attached hydrogens (tertiary/aromatic N) is 2. The van der Waals surface area contributed by atoms with Crippen LogP contribution in [-0.4, -0.2) is 37.8 Å². The average Bonchev–Trinajstić information content (AvgIpc) is 2.65. The molecule has 0 spiro atoms. The van der Waals surface area contributed by atoms with Crippen molar-refractivity contribution in [1.29, 1.82) is 0 Å². The maximum absolute atomic E-state index is 6.02. The Labute approximate surface area is 159 Å². The van der Waals surface area contributed by atoms with E-state index in [0.29, 0.717) is 32.2 Å². The van der Waals surface area contributed by atoms with E-state index in [1.165, 1.54) is 0 Å². The molecule has 7 heteroatoms. The molecule has 0 amide bonds. The van der Waals surface area contributed by atoms with Crippen molar-refractivity contribution in [2.45, 2.75) is 20.0 Å². The third kappa shape index (κ3) is 7.29. The van der Waals surface area contributed by atoms with Gasteiger partial charge in [-0.05, 0) is 30.2 Å². The third-order valence-corrected chi connectivity index (χ3v) is 3.68. The summed E-state index contributed by atoms with van der Waals surface area (Å²) in [5.41, 5.74) is 2.10. The predicted octanol–water partition coefficient (Wildman–Crippen LogP) is 3.02. The molecule has 0 saturated heterocycles. The van der Waals surface area contributed by atoms with Crippen LogP contribution < -0.4 is 15.4 Å². The molecule has 0 atom stereocenters. The number of aliphatic imine (C=N–C) groups is 1. The van der Waals surface area contributed by atoms with Gasteiger partial charge in [-0.25, -0.2) is 9.98 Å². The second-order valence-electron chi connectivity index (χ2n) is 5.52. The number of methoxy groups -OCH3 is 1. The van der Waals surface area contributed by atoms with E-state index < -0.39 is 0 Å². The predicted molar refractivity (Wildman–Crippen MR) is 105 cm³/mol. The normalized spacial score (nSPS) is 11.3. The van der Waals surface area contributed by atoms with Crippen LogP contribution in [0.25, 0.3) is 0 Å². The monoisotopic (exact) mass is 376 g/mol. The largest absolute Gasteiger partial charge is 0.475 e. The van der Waals surface area contributed by atoms with Crippen molar-refractivity contribution < 1.29 is 9.47 Å². The van der Waals surface area contributed by atoms with Crippen LogP contribution in [-0.2, 0) is 17.8 Å². The van der Waals surface area contributed by atoms with Crippen molar-refractivity contribution in [3.8, 4) is 5.88 Å². The van der Waals surface area contributed by atoms with Gasteiger partial charge in [-0.2, -0.15) is 0 Å². The van der Waals surface area contributed by atoms with E-state index in [1.54, 1.807) is 13.3 Å². The van der Waals surface area contributed by atoms with Gasteiger partial charge < -0.3 is 20.1 Å². The summed E-state index contributed by atoms with van der Waals surface area (Å²) in [6.45, 7) is 5.01. The van der Waals surface area contributed by atoms with Crippen LogP contribution in [0.2, 0.25) is 5.02 Å². The topological polar surface area (TPSA) is 67.8 Å². The number of hydrogen-bond donors (Lipinski definition) is 2. The number of aromatic nitrogens is 1. The molecule has 26 heavy (non-hydrogen) atoms. The summed E-state index contributed by atoms with van der Waals surface area (Å²) < 4.78 is 10.4. The van der Waals surface area contributed by atoms with Crippen LogP contribution in [0.15, 0.2) is 47.6 Å². The Bertz CT molecular complexity index is 692. The minimum atomic E-state index is 0.485. The summed E-state index contributed by atoms with van der Waals surface area (Å²) in [6, 6.07) is 11.6. The van der Waals surface area contributed by atoms with Gasteiger partial charge >= 0.3 is 0 Å². The summed E-state index contributed by atoms with van der Waals surface area (Å²) in [5.74, 6) is 1.33. The van der Waals surface area contributed by atoms with Gasteiger partial charge in [0.05, 0.1) is 13.2 Å². The summed E-state index contributed by atoms with van der Waals surface area (Å²) in [7, 11) is 1.64. The van der Waals surface area contributed by atoms with Crippen LogP contribution in [0.1, 0.15) is 18.1 Å². The minimum Gasteiger partial charge on any atom is -0.475 e. The fourth-order valence-electron chi connectivity index (χ4n) is 2.16. The van der Waals surface area contributed by atoms with Crippen LogP contribution in [0.4, 0.5) is 0 Å². The third-order valence-electron chi connectivity index (χ3n) is 3.45. The van der Waals surface area contributed by atoms with Crippen LogP contribution >= 0.6 is 11.6 Å². The van der Waals surface area contributed by atoms with E-state index in [-0.39, 0.29) is 0 Å². The molecule has 140 valence electrons. The molecule has 1 aromatic heterocycles. The second kappa shape index (κ2) is 11.3. The average molecular weight is 377 g/mol. The number of hydrogen-bond acceptors (Lipinski definition) is 4. The number of rotatable bonds is 9. The number of halogens is 1. The maximum atomic E-state index is 6.02. The summed E-state index contributed by atoms with van der Waals surface area (Å²) in [6.07, 6.45) is 1.77. The van der Waals surface area contributed by atoms with E-state index in [0.717, 1.165) is 28.7 Å². The van der Waals surface area contributed by atoms with Gasteiger partial charge in [0.25, 0.3) is 0 Å². The fraction of sp³-hybridized carbons (Fsp3) is 0.368. The van der Waals surface area contributed by atoms with Crippen LogP contribution in [0, 0.1) is 0 Å². The SMILES string of the molecule is CCNC(=NCc1ccc(OCCOC)nc1)NCc1cccc(Cl)c1. The lowest BCUT2D eigenvalue weighted by atomic mass is 10.2. The van der Waals surface area contributed by atoms with Crippen molar-refractivity contribution in [3.05, 3.63) is 58.7 Å². The van der Waals surface area contributed by atoms with E-state index in [2.05, 4.69) is 20.6 Å². The second-order valence-corrected chi connectivity index (χ2v) is 5.96. The zero-order chi connectivity index (χ0) is 18.6. The van der Waals surface area contributed by atoms with Gasteiger partial charge in [-0.1, -0.05) is 29.8 Å². The van der Waals surface area contributed by atoms with Crippen molar-refractivity contribution in [1.82, 2.24) is 15.6 Å². The number of pyridine rings is 1. The van der Waals surface area contributed by atoms with E-state index in [9.17, 15) is 0 Å². The maximum Gasteiger partial charge on any atom is 0.213 e. The highest BCUT2D eigenvalue weighted by molar-refractivity contribution is 6.30. The van der Waals surface area contributed by atoms with Crippen molar-refractivity contribution in [2.24, 2.45) is 4.99 Å². The molecule has 0 radical (unpaired) electrons. The molecule has 0 unspecified atom stereocenters. The van der Waals surface area contributed by atoms with E-state index in [1.807, 2.05) is 43.3 Å². The lowest BCUT2D eigenvalue weighted by molar-refractivity contribution is 0.143. The molecule has 0 aliphatic heterocycles. The summed E-state index contributed by atoms with van der Waals surface area (Å²) in [4.78, 5) is 8.86. The Balaban J connectivity index is 1.89. The molecule has 2 N–H and O–H groups in total. The first-order valence-corrected chi connectivity index (χ1v) is 8.92. The van der Waals surface area contributed by atoms with Crippen molar-refractivity contribution >= 4 is 17.6 Å². The first-order chi connectivity index (χ1) is 12.7. The van der Waals surface area contributed by atoms with Gasteiger partial charge in [0.1, 0.15) is 6.61 Å². The summed E-state index contributed by atoms with van der Waals surface area (Å²) >= 11 is 6.02. The first-order valence-electron chi connectivity index (χ1n) is 8.54. The van der Waals surface area contributed by atoms with Crippen LogP contribution in [0.3, 0.4) is 0 Å². The summed E-state index contributed by atoms with van der Waals surface area (Å²) in [5, 5.41) is 7.26. The molecule has 0 saturated carbocycles. The van der Waals surface area contributed by atoms with Gasteiger partial charge in [0.2, 0.25) is 5.88 Å². The molecule has 2 aromatic rings. The Kier molecular flexibility index (Phi) is 8.72. The highest BCUT2D eigenvalue weighted by atomic mass is 35.5. The molecule has 1 heterocycles. The molecular weight excluding hydrogens is 352 g/mol. The van der Waals surface area contributed by atoms with E-state index >= 15 is 0 Å². The highest BCUT2D eigenvalue weighted by Gasteiger charge is 2.01. The molecular formula is C19H25ClN4O2. The lowest BCUT2D eigenvalue weighted by Crippen LogP contribution is -2.36. The number of nitrogens with one attached hydrogen (secondary N) is 2. The van der Waals surface area contributed by atoms with Gasteiger partial charge in [0, 0.05) is 37.5 Å². The quantitative estimate of drug-likeness (QED) is 0.400. The number of ether oxygens (including phenoxy) is 2. The number of benzene rings is 1. The lowest BCUT2D eigenvalue weighted by Gasteiger charge is -2.11. The first kappa shape index (κ1) is 20.0. The Morgan fingerprint density at radius 2 is 2.04 bits per heavy atom. The smallest absolute Gasteiger partial charge is 0.213 e. The Morgan fingerprint density at radius 3 is 2.73 bits per heavy atom. The molecule has 1 aromatic carbocycles. The zero-order valence-corrected chi connectivity index (χ0v) is 15.9. The fourth-order valence-corrected chi connectivity index (χ4v) is 2.38. The van der Waals surface area contributed by atoms with Crippen molar-refractivity contribution in [3.63, 3.8) is 0 Å². The molecule has 2 rings (SSSR count). The Morgan fingerprint density at radius 1 is 1.15 bits per heavy atom. The zero-order valence-electron chi connectivity index (χ0n) is 15.2. The minimum absolute atomic E-state index is 0.485. The van der Waals surface area contributed by atoms with Gasteiger partial charge in [0.15, 0.2) is 5.96 Å². The Hall–Kier alpha value is -2.31. The van der Waals surface area contributed by atoms with Gasteiger partial charge in [-0.3, -0.25) is 0 Å². The van der Waals surface area contributed by atoms with E-state index in [4.69, 9.17) is 21.1 Å². The van der Waals surface area contributed by atoms with Crippen molar-refractivity contribution in [2.75, 3.05) is 26.9 Å². The number of guanidine groups is 1. The molecule has 0 aliphatic carbocycles. The molecule has 6 nitrogen and oxygen atoms in total. The molecule has 0 aliphatic rings. The standard InChI is InChI=1S/C19H25ClN4O2/c1-3-21-19(23-12-15-5-4-6-17(20)11-15)24-14-16-7-8-18(22-13-16)26-10-9-25-2/h4-8,11,13H,3,9-10,12,14H2,1-2H3,(H2,21,23,24).